The van der Waals surface area contributed by atoms with Crippen molar-refractivity contribution in [2.45, 2.75) is 31.7 Å². The summed E-state index contributed by atoms with van der Waals surface area (Å²) in [6, 6.07) is 10.2. The second-order valence-electron chi connectivity index (χ2n) is 5.85. The SMILES string of the molecule is O=C(C[C@@H](c1cccc(F)c1)n1cccc1)N1CCCCC1. The van der Waals surface area contributed by atoms with E-state index in [1.54, 1.807) is 6.07 Å². The van der Waals surface area contributed by atoms with Crippen molar-refractivity contribution in [1.29, 1.82) is 0 Å². The van der Waals surface area contributed by atoms with Crippen LogP contribution in [0.5, 0.6) is 0 Å². The molecule has 1 fully saturated rings. The second kappa shape index (κ2) is 6.77. The quantitative estimate of drug-likeness (QED) is 0.846. The van der Waals surface area contributed by atoms with E-state index in [1.807, 2.05) is 40.1 Å². The van der Waals surface area contributed by atoms with Gasteiger partial charge in [-0.3, -0.25) is 4.79 Å². The number of likely N-dealkylation sites (tertiary alicyclic amines) is 1. The summed E-state index contributed by atoms with van der Waals surface area (Å²) in [5.41, 5.74) is 0.835. The molecule has 0 bridgehead atoms. The molecule has 0 aliphatic carbocycles. The topological polar surface area (TPSA) is 25.2 Å². The molecular formula is C18H21FN2O. The van der Waals surface area contributed by atoms with Crippen molar-refractivity contribution in [1.82, 2.24) is 9.47 Å². The van der Waals surface area contributed by atoms with Gasteiger partial charge in [0.15, 0.2) is 0 Å². The van der Waals surface area contributed by atoms with E-state index in [1.165, 1.54) is 18.6 Å². The van der Waals surface area contributed by atoms with E-state index in [-0.39, 0.29) is 17.8 Å². The Morgan fingerprint density at radius 3 is 2.50 bits per heavy atom. The third kappa shape index (κ3) is 3.38. The maximum absolute atomic E-state index is 13.6. The number of aromatic nitrogens is 1. The average molecular weight is 300 g/mol. The average Bonchev–Trinajstić information content (AvgIpc) is 3.07. The first kappa shape index (κ1) is 14.8. The van der Waals surface area contributed by atoms with Crippen LogP contribution in [-0.4, -0.2) is 28.5 Å². The Balaban J connectivity index is 1.81. The zero-order valence-electron chi connectivity index (χ0n) is 12.6. The van der Waals surface area contributed by atoms with E-state index in [4.69, 9.17) is 0 Å². The molecule has 116 valence electrons. The Labute approximate surface area is 130 Å². The van der Waals surface area contributed by atoms with Crippen LogP contribution in [0.3, 0.4) is 0 Å². The number of hydrogen-bond acceptors (Lipinski definition) is 1. The van der Waals surface area contributed by atoms with Crippen molar-refractivity contribution in [3.8, 4) is 0 Å². The first-order valence-corrected chi connectivity index (χ1v) is 7.90. The number of amides is 1. The van der Waals surface area contributed by atoms with Crippen molar-refractivity contribution in [3.05, 3.63) is 60.2 Å². The minimum atomic E-state index is -0.264. The summed E-state index contributed by atoms with van der Waals surface area (Å²) in [4.78, 5) is 14.5. The van der Waals surface area contributed by atoms with Gasteiger partial charge in [0.05, 0.1) is 12.5 Å². The van der Waals surface area contributed by atoms with Crippen LogP contribution < -0.4 is 0 Å². The number of nitrogens with zero attached hydrogens (tertiary/aromatic N) is 2. The number of carbonyl (C=O) groups excluding carboxylic acids is 1. The lowest BCUT2D eigenvalue weighted by molar-refractivity contribution is -0.132. The minimum absolute atomic E-state index is 0.153. The van der Waals surface area contributed by atoms with Crippen LogP contribution in [-0.2, 0) is 4.79 Å². The fourth-order valence-electron chi connectivity index (χ4n) is 3.10. The van der Waals surface area contributed by atoms with E-state index < -0.39 is 0 Å². The highest BCUT2D eigenvalue weighted by molar-refractivity contribution is 5.77. The first-order chi connectivity index (χ1) is 10.7. The summed E-state index contributed by atoms with van der Waals surface area (Å²) in [6.07, 6.45) is 7.60. The van der Waals surface area contributed by atoms with Gasteiger partial charge in [-0.25, -0.2) is 4.39 Å². The Kier molecular flexibility index (Phi) is 4.56. The molecule has 0 N–H and O–H groups in total. The molecule has 4 heteroatoms. The zero-order valence-corrected chi connectivity index (χ0v) is 12.6. The van der Waals surface area contributed by atoms with Gasteiger partial charge in [0.25, 0.3) is 0 Å². The van der Waals surface area contributed by atoms with Crippen molar-refractivity contribution in [2.75, 3.05) is 13.1 Å². The van der Waals surface area contributed by atoms with Gasteiger partial charge in [0.1, 0.15) is 5.82 Å². The van der Waals surface area contributed by atoms with Crippen LogP contribution in [0.15, 0.2) is 48.8 Å². The van der Waals surface area contributed by atoms with Gasteiger partial charge in [-0.1, -0.05) is 12.1 Å². The number of hydrogen-bond donors (Lipinski definition) is 0. The number of piperidine rings is 1. The molecule has 1 amide bonds. The molecule has 1 aliphatic rings. The van der Waals surface area contributed by atoms with E-state index in [0.717, 1.165) is 31.5 Å². The van der Waals surface area contributed by atoms with E-state index in [2.05, 4.69) is 0 Å². The van der Waals surface area contributed by atoms with Gasteiger partial charge in [-0.2, -0.15) is 0 Å². The number of halogens is 1. The minimum Gasteiger partial charge on any atom is -0.346 e. The molecule has 1 aromatic carbocycles. The molecule has 0 radical (unpaired) electrons. The fourth-order valence-corrected chi connectivity index (χ4v) is 3.10. The Morgan fingerprint density at radius 2 is 1.82 bits per heavy atom. The van der Waals surface area contributed by atoms with E-state index in [9.17, 15) is 9.18 Å². The summed E-state index contributed by atoms with van der Waals surface area (Å²) < 4.78 is 15.5. The highest BCUT2D eigenvalue weighted by Gasteiger charge is 2.23. The summed E-state index contributed by atoms with van der Waals surface area (Å²) in [5.74, 6) is -0.109. The third-order valence-electron chi connectivity index (χ3n) is 4.30. The highest BCUT2D eigenvalue weighted by atomic mass is 19.1. The maximum atomic E-state index is 13.6. The Bertz CT molecular complexity index is 618. The molecule has 2 aromatic rings. The fraction of sp³-hybridized carbons (Fsp3) is 0.389. The second-order valence-corrected chi connectivity index (χ2v) is 5.85. The molecule has 22 heavy (non-hydrogen) atoms. The predicted octanol–water partition coefficient (Wildman–Crippen LogP) is 3.62. The molecule has 1 aromatic heterocycles. The Hall–Kier alpha value is -2.10. The van der Waals surface area contributed by atoms with Crippen molar-refractivity contribution in [3.63, 3.8) is 0 Å². The summed E-state index contributed by atoms with van der Waals surface area (Å²) in [5, 5.41) is 0. The highest BCUT2D eigenvalue weighted by Crippen LogP contribution is 2.24. The number of rotatable bonds is 4. The molecule has 0 spiro atoms. The van der Waals surface area contributed by atoms with Gasteiger partial charge < -0.3 is 9.47 Å². The molecule has 1 aliphatic heterocycles. The lowest BCUT2D eigenvalue weighted by atomic mass is 10.0. The normalized spacial score (nSPS) is 16.5. The lowest BCUT2D eigenvalue weighted by Gasteiger charge is -2.29. The molecule has 3 rings (SSSR count). The van der Waals surface area contributed by atoms with Crippen LogP contribution in [0, 0.1) is 5.82 Å². The predicted molar refractivity (Wildman–Crippen MR) is 84.0 cm³/mol. The van der Waals surface area contributed by atoms with Crippen molar-refractivity contribution in [2.24, 2.45) is 0 Å². The van der Waals surface area contributed by atoms with E-state index >= 15 is 0 Å². The van der Waals surface area contributed by atoms with Crippen LogP contribution in [0.1, 0.15) is 37.3 Å². The third-order valence-corrected chi connectivity index (χ3v) is 4.30. The summed E-state index contributed by atoms with van der Waals surface area (Å²) in [6.45, 7) is 1.70. The molecule has 1 saturated heterocycles. The van der Waals surface area contributed by atoms with Gasteiger partial charge in [-0.05, 0) is 49.1 Å². The Morgan fingerprint density at radius 1 is 1.09 bits per heavy atom. The lowest BCUT2D eigenvalue weighted by Crippen LogP contribution is -2.36. The monoisotopic (exact) mass is 300 g/mol. The van der Waals surface area contributed by atoms with Gasteiger partial charge in [0.2, 0.25) is 5.91 Å². The largest absolute Gasteiger partial charge is 0.346 e. The molecule has 0 saturated carbocycles. The van der Waals surface area contributed by atoms with Crippen molar-refractivity contribution >= 4 is 5.91 Å². The molecule has 3 nitrogen and oxygen atoms in total. The summed E-state index contributed by atoms with van der Waals surface area (Å²) >= 11 is 0. The van der Waals surface area contributed by atoms with Crippen LogP contribution in [0.2, 0.25) is 0 Å². The van der Waals surface area contributed by atoms with Crippen LogP contribution in [0.25, 0.3) is 0 Å². The van der Waals surface area contributed by atoms with Gasteiger partial charge >= 0.3 is 0 Å². The van der Waals surface area contributed by atoms with Crippen LogP contribution >= 0.6 is 0 Å². The number of benzene rings is 1. The summed E-state index contributed by atoms with van der Waals surface area (Å²) in [7, 11) is 0. The van der Waals surface area contributed by atoms with Crippen LogP contribution in [0.4, 0.5) is 4.39 Å². The molecule has 0 unspecified atom stereocenters. The molecule has 2 heterocycles. The van der Waals surface area contributed by atoms with Crippen molar-refractivity contribution < 1.29 is 9.18 Å². The number of carbonyl (C=O) groups is 1. The van der Waals surface area contributed by atoms with E-state index in [0.29, 0.717) is 6.42 Å². The standard InChI is InChI=1S/C18H21FN2O/c19-16-8-6-7-15(13-16)17(20-9-4-5-10-20)14-18(22)21-11-2-1-3-12-21/h4-10,13,17H,1-3,11-12,14H2/t17-/m0/s1. The molecular weight excluding hydrogens is 279 g/mol. The smallest absolute Gasteiger partial charge is 0.225 e. The van der Waals surface area contributed by atoms with Gasteiger partial charge in [-0.15, -0.1) is 0 Å². The first-order valence-electron chi connectivity index (χ1n) is 7.90. The zero-order chi connectivity index (χ0) is 15.4. The van der Waals surface area contributed by atoms with Gasteiger partial charge in [0, 0.05) is 25.5 Å². The maximum Gasteiger partial charge on any atom is 0.225 e. The molecule has 1 atom stereocenters.